The third kappa shape index (κ3) is 117. The van der Waals surface area contributed by atoms with Crippen molar-refractivity contribution in [3.8, 4) is 0 Å². The van der Waals surface area contributed by atoms with Gasteiger partial charge in [-0.3, -0.25) is 19.2 Å². The van der Waals surface area contributed by atoms with Crippen LogP contribution >= 0.6 is 13.5 Å². The Labute approximate surface area is 642 Å². The van der Waals surface area contributed by atoms with Crippen LogP contribution in [0.25, 0.3) is 0 Å². The molecule has 8 nitrogen and oxygen atoms in total. The second-order valence-electron chi connectivity index (χ2n) is 23.6. The molecule has 0 N–H and O–H groups in total. The third-order valence-electron chi connectivity index (χ3n) is 15.0. The molecule has 0 aromatic carbocycles. The molecule has 0 rings (SSSR count). The van der Waals surface area contributed by atoms with Crippen molar-refractivity contribution in [2.75, 3.05) is 49.4 Å². The Kier molecular flexibility index (Phi) is 130. The van der Waals surface area contributed by atoms with Gasteiger partial charge in [0.05, 0.1) is 26.4 Å². The van der Waals surface area contributed by atoms with Crippen molar-refractivity contribution in [1.29, 1.82) is 0 Å². The minimum Gasteiger partial charge on any atom is -0.789 e. The number of esters is 4. The van der Waals surface area contributed by atoms with Crippen LogP contribution < -0.4 is 0 Å². The molecule has 0 bridgehead atoms. The second-order valence-corrected chi connectivity index (χ2v) is 25.3. The van der Waals surface area contributed by atoms with Crippen molar-refractivity contribution >= 4 is 136 Å². The fourth-order valence-electron chi connectivity index (χ4n) is 9.60. The molecule has 0 aromatic rings. The van der Waals surface area contributed by atoms with Gasteiger partial charge in [0.1, 0.15) is 0 Å². The molecule has 0 unspecified atom stereocenters. The van der Waals surface area contributed by atoms with Crippen molar-refractivity contribution in [2.24, 2.45) is 0 Å². The van der Waals surface area contributed by atoms with E-state index in [1.54, 1.807) is 0 Å². The van der Waals surface area contributed by atoms with E-state index in [2.05, 4.69) is 76.3 Å². The Morgan fingerprint density at radius 2 is 0.366 bits per heavy atom. The SMILES string of the molecule is C.C.CCCCCCCCCCC/C=C/CCCC(=O)OCC[S-].CCCCCCCCCCC/C=C/CCCC(=O)OCC[S-].CCCCCCCCCCC/C=C/CCCC(=O)OCC[S-].CCCCCCCCCCC/C=C/CCCC(=O)OCC[S-].S.[Sn+2].[Sn+2]. The van der Waals surface area contributed by atoms with Crippen LogP contribution in [-0.4, -0.2) is 121 Å². The molecule has 0 aliphatic heterocycles. The van der Waals surface area contributed by atoms with Crippen molar-refractivity contribution in [3.63, 3.8) is 0 Å². The summed E-state index contributed by atoms with van der Waals surface area (Å²) in [5, 5.41) is 0. The molecule has 0 aliphatic rings. The van der Waals surface area contributed by atoms with E-state index in [1.807, 2.05) is 0 Å². The number of unbranched alkanes of at least 4 members (excludes halogenated alkanes) is 40. The molecular formula is C78H150O8S5Sn2. The predicted molar refractivity (Wildman–Crippen MR) is 427 cm³/mol. The molecule has 548 valence electrons. The monoisotopic (exact) mass is 1610 g/mol. The minimum absolute atomic E-state index is 0. The molecule has 0 spiro atoms. The van der Waals surface area contributed by atoms with Gasteiger partial charge in [0.15, 0.2) is 0 Å². The second kappa shape index (κ2) is 108. The van der Waals surface area contributed by atoms with E-state index in [-0.39, 0.29) is 100 Å². The largest absolute Gasteiger partial charge is 2.00 e. The van der Waals surface area contributed by atoms with E-state index >= 15 is 0 Å². The zero-order chi connectivity index (χ0) is 65.2. The molecule has 0 aliphatic carbocycles. The van der Waals surface area contributed by atoms with E-state index < -0.39 is 0 Å². The molecule has 0 aromatic heterocycles. The normalized spacial score (nSPS) is 10.6. The summed E-state index contributed by atoms with van der Waals surface area (Å²) in [4.78, 5) is 44.9. The Morgan fingerprint density at radius 1 is 0.237 bits per heavy atom. The number of hydrogen-bond acceptors (Lipinski definition) is 12. The summed E-state index contributed by atoms with van der Waals surface area (Å²) in [5.41, 5.74) is 0. The minimum atomic E-state index is -0.114. The van der Waals surface area contributed by atoms with Gasteiger partial charge < -0.3 is 69.5 Å². The molecule has 15 heteroatoms. The van der Waals surface area contributed by atoms with Crippen LogP contribution in [0.5, 0.6) is 0 Å². The quantitative estimate of drug-likeness (QED) is 0.0145. The maximum absolute atomic E-state index is 11.2. The number of hydrogen-bond donors (Lipinski definition) is 0. The van der Waals surface area contributed by atoms with Gasteiger partial charge in [0.25, 0.3) is 0 Å². The number of carbonyl (C=O) groups excluding carboxylic acids is 4. The first-order chi connectivity index (χ1) is 43.2. The Balaban J connectivity index is -0.000000142. The first-order valence-electron chi connectivity index (χ1n) is 36.8. The van der Waals surface area contributed by atoms with Gasteiger partial charge in [-0.1, -0.05) is 297 Å². The molecule has 0 heterocycles. The van der Waals surface area contributed by atoms with Crippen LogP contribution in [0.15, 0.2) is 48.6 Å². The molecule has 93 heavy (non-hydrogen) atoms. The maximum Gasteiger partial charge on any atom is 2.00 e. The van der Waals surface area contributed by atoms with Crippen molar-refractivity contribution in [1.82, 2.24) is 0 Å². The van der Waals surface area contributed by atoms with Gasteiger partial charge in [0, 0.05) is 25.7 Å². The van der Waals surface area contributed by atoms with Gasteiger partial charge in [-0.05, 0) is 103 Å². The number of rotatable bonds is 64. The van der Waals surface area contributed by atoms with Crippen LogP contribution in [-0.2, 0) is 88.6 Å². The van der Waals surface area contributed by atoms with E-state index in [9.17, 15) is 19.2 Å². The third-order valence-corrected chi connectivity index (χ3v) is 15.6. The Hall–Kier alpha value is 0.187. The first-order valence-corrected chi connectivity index (χ1v) is 39.1. The summed E-state index contributed by atoms with van der Waals surface area (Å²) in [6, 6.07) is 0. The van der Waals surface area contributed by atoms with Gasteiger partial charge in [-0.2, -0.15) is 13.5 Å². The van der Waals surface area contributed by atoms with E-state index in [1.165, 1.54) is 257 Å². The number of carbonyl (C=O) groups is 4. The predicted octanol–water partition coefficient (Wildman–Crippen LogP) is 23.5. The van der Waals surface area contributed by atoms with Gasteiger partial charge in [0.2, 0.25) is 0 Å². The van der Waals surface area contributed by atoms with Crippen LogP contribution in [0.2, 0.25) is 0 Å². The van der Waals surface area contributed by atoms with E-state index in [0.717, 1.165) is 51.4 Å². The summed E-state index contributed by atoms with van der Waals surface area (Å²) in [6.07, 6.45) is 81.7. The number of ether oxygens (including phenoxy) is 4. The maximum atomic E-state index is 11.2. The zero-order valence-corrected chi connectivity index (χ0v) is 69.4. The number of allylic oxidation sites excluding steroid dienone is 8. The zero-order valence-electron chi connectivity index (χ0n) is 59.4. The average Bonchev–Trinajstić information content (AvgIpc) is 3.56. The Bertz CT molecular complexity index is 1290. The van der Waals surface area contributed by atoms with Crippen LogP contribution in [0.3, 0.4) is 0 Å². The average molecular weight is 1610 g/mol. The van der Waals surface area contributed by atoms with Crippen molar-refractivity contribution in [2.45, 2.75) is 376 Å². The van der Waals surface area contributed by atoms with Crippen LogP contribution in [0.4, 0.5) is 0 Å². The summed E-state index contributed by atoms with van der Waals surface area (Å²) >= 11 is 18.9. The fraction of sp³-hybridized carbons (Fsp3) is 0.846. The summed E-state index contributed by atoms with van der Waals surface area (Å²) < 4.78 is 19.7. The molecule has 0 saturated heterocycles. The molecule has 0 atom stereocenters. The standard InChI is InChI=1S/4C19H36O2S.2CH4.H2S.2Sn/c4*1-2-3-4-5-6-7-8-9-10-11-12-13-14-15-16-19(20)21-17-18-22;;;;;/h4*12-13,22H,2-11,14-18H2,1H3;2*1H4;1H2;;/q;;;;;;;2*+2/p-4/b4*13-12+;;;;;. The van der Waals surface area contributed by atoms with Gasteiger partial charge in [-0.15, -0.1) is 23.0 Å². The topological polar surface area (TPSA) is 105 Å². The molecule has 4 radical (unpaired) electrons. The van der Waals surface area contributed by atoms with Crippen LogP contribution in [0.1, 0.15) is 376 Å². The fourth-order valence-corrected chi connectivity index (χ4v) is 9.94. The smallest absolute Gasteiger partial charge is 0.789 e. The summed E-state index contributed by atoms with van der Waals surface area (Å²) in [6.45, 7) is 10.6. The Morgan fingerprint density at radius 3 is 0.505 bits per heavy atom. The van der Waals surface area contributed by atoms with E-state index in [4.69, 9.17) is 69.5 Å². The van der Waals surface area contributed by atoms with E-state index in [0.29, 0.717) is 75.1 Å². The van der Waals surface area contributed by atoms with Gasteiger partial charge >= 0.3 is 71.7 Å². The summed E-state index contributed by atoms with van der Waals surface area (Å²) in [7, 11) is 0. The molecule has 0 amide bonds. The van der Waals surface area contributed by atoms with Crippen LogP contribution in [0, 0.1) is 0 Å². The molecule has 0 saturated carbocycles. The van der Waals surface area contributed by atoms with Gasteiger partial charge in [-0.25, -0.2) is 0 Å². The van der Waals surface area contributed by atoms with Crippen molar-refractivity contribution < 1.29 is 38.1 Å². The molecular weight excluding hydrogens is 1460 g/mol. The molecule has 0 fully saturated rings. The van der Waals surface area contributed by atoms with Crippen molar-refractivity contribution in [3.05, 3.63) is 48.6 Å². The first kappa shape index (κ1) is 112. The summed E-state index contributed by atoms with van der Waals surface area (Å²) in [5.74, 6) is 1.51.